The van der Waals surface area contributed by atoms with Crippen LogP contribution in [-0.4, -0.2) is 82.0 Å². The largest absolute Gasteiger partial charge is 0.361 e. The first-order valence-corrected chi connectivity index (χ1v) is 19.7. The van der Waals surface area contributed by atoms with E-state index < -0.39 is 0 Å². The molecule has 1 amide bonds. The van der Waals surface area contributed by atoms with Crippen LogP contribution in [0.3, 0.4) is 0 Å². The van der Waals surface area contributed by atoms with Gasteiger partial charge in [-0.05, 0) is 112 Å². The molecular formula is C43H57N5O3. The lowest BCUT2D eigenvalue weighted by Crippen LogP contribution is -2.52. The zero-order chi connectivity index (χ0) is 35.6. The molecule has 2 saturated heterocycles. The molecule has 0 spiro atoms. The zero-order valence-corrected chi connectivity index (χ0v) is 31.1. The van der Waals surface area contributed by atoms with Crippen molar-refractivity contribution in [2.45, 2.75) is 109 Å². The van der Waals surface area contributed by atoms with E-state index in [2.05, 4.69) is 87.7 Å². The molecule has 2 aromatic carbocycles. The van der Waals surface area contributed by atoms with Crippen molar-refractivity contribution in [2.75, 3.05) is 32.7 Å². The summed E-state index contributed by atoms with van der Waals surface area (Å²) in [7, 11) is 0. The Kier molecular flexibility index (Phi) is 10.8. The van der Waals surface area contributed by atoms with Crippen LogP contribution in [0.2, 0.25) is 0 Å². The van der Waals surface area contributed by atoms with Crippen molar-refractivity contribution < 1.29 is 14.4 Å². The molecule has 51 heavy (non-hydrogen) atoms. The van der Waals surface area contributed by atoms with E-state index in [4.69, 9.17) is 0 Å². The molecule has 0 unspecified atom stereocenters. The van der Waals surface area contributed by atoms with Gasteiger partial charge in [0.1, 0.15) is 11.6 Å². The second-order valence-electron chi connectivity index (χ2n) is 15.9. The van der Waals surface area contributed by atoms with E-state index in [0.717, 1.165) is 71.2 Å². The Morgan fingerprint density at radius 3 is 1.88 bits per heavy atom. The van der Waals surface area contributed by atoms with Gasteiger partial charge in [-0.2, -0.15) is 0 Å². The zero-order valence-electron chi connectivity index (χ0n) is 31.1. The van der Waals surface area contributed by atoms with E-state index in [1.165, 1.54) is 44.1 Å². The van der Waals surface area contributed by atoms with Gasteiger partial charge >= 0.3 is 0 Å². The summed E-state index contributed by atoms with van der Waals surface area (Å²) in [5, 5.41) is 5.99. The van der Waals surface area contributed by atoms with Crippen molar-refractivity contribution in [1.82, 2.24) is 25.1 Å². The molecule has 8 heteroatoms. The summed E-state index contributed by atoms with van der Waals surface area (Å²) in [6, 6.07) is 14.4. The number of ketones is 2. The lowest BCUT2D eigenvalue weighted by molar-refractivity contribution is -0.123. The average molecular weight is 692 g/mol. The number of fused-ring (bicyclic) bond motifs is 4. The van der Waals surface area contributed by atoms with Crippen LogP contribution < -0.4 is 5.32 Å². The SMILES string of the molecule is CCCN1C[C@H](C(C)=O)C[C@@H]2c3cccc4[nH]cc(c34)C[C@H]21.CCCN1C[C@H](CNC(=O)CCCC(C)=O)C[C@@H]2c3cccc4[nH]cc(c34)C[C@H]21. The first-order valence-electron chi connectivity index (χ1n) is 19.7. The van der Waals surface area contributed by atoms with Gasteiger partial charge < -0.3 is 20.1 Å². The summed E-state index contributed by atoms with van der Waals surface area (Å²) in [6.07, 6.45) is 12.7. The molecule has 2 aliphatic carbocycles. The Morgan fingerprint density at radius 2 is 1.33 bits per heavy atom. The van der Waals surface area contributed by atoms with Crippen molar-refractivity contribution in [3.8, 4) is 0 Å². The molecule has 4 aliphatic rings. The van der Waals surface area contributed by atoms with Crippen molar-refractivity contribution in [3.63, 3.8) is 0 Å². The number of nitrogens with one attached hydrogen (secondary N) is 3. The molecule has 272 valence electrons. The third-order valence-electron chi connectivity index (χ3n) is 12.4. The molecule has 3 N–H and O–H groups in total. The van der Waals surface area contributed by atoms with Crippen LogP contribution in [0.15, 0.2) is 48.8 Å². The molecule has 8 rings (SSSR count). The second-order valence-corrected chi connectivity index (χ2v) is 15.9. The maximum absolute atomic E-state index is 12.2. The number of aromatic nitrogens is 2. The van der Waals surface area contributed by atoms with E-state index in [0.29, 0.717) is 54.9 Å². The van der Waals surface area contributed by atoms with Crippen molar-refractivity contribution >= 4 is 39.3 Å². The predicted molar refractivity (Wildman–Crippen MR) is 205 cm³/mol. The Bertz CT molecular complexity index is 1870. The number of carbonyl (C=O) groups excluding carboxylic acids is 3. The first kappa shape index (κ1) is 35.6. The van der Waals surface area contributed by atoms with Gasteiger partial charge in [0.15, 0.2) is 0 Å². The molecule has 0 radical (unpaired) electrons. The summed E-state index contributed by atoms with van der Waals surface area (Å²) >= 11 is 0. The van der Waals surface area contributed by atoms with E-state index in [-0.39, 0.29) is 17.6 Å². The minimum absolute atomic E-state index is 0.0779. The van der Waals surface area contributed by atoms with Crippen LogP contribution in [0.1, 0.15) is 107 Å². The van der Waals surface area contributed by atoms with E-state index >= 15 is 0 Å². The number of hydrogen-bond acceptors (Lipinski definition) is 5. The minimum Gasteiger partial charge on any atom is -0.361 e. The lowest BCUT2D eigenvalue weighted by Gasteiger charge is -2.47. The smallest absolute Gasteiger partial charge is 0.220 e. The molecule has 4 aromatic rings. The number of piperidine rings is 2. The first-order chi connectivity index (χ1) is 24.7. The highest BCUT2D eigenvalue weighted by Crippen LogP contribution is 2.46. The minimum atomic E-state index is 0.0779. The quantitative estimate of drug-likeness (QED) is 0.154. The number of hydrogen-bond donors (Lipinski definition) is 3. The van der Waals surface area contributed by atoms with Gasteiger partial charge in [-0.3, -0.25) is 19.4 Å². The summed E-state index contributed by atoms with van der Waals surface area (Å²) < 4.78 is 0. The van der Waals surface area contributed by atoms with Gasteiger partial charge in [-0.1, -0.05) is 38.1 Å². The summed E-state index contributed by atoms with van der Waals surface area (Å²) in [6.45, 7) is 12.8. The third kappa shape index (κ3) is 7.32. The molecule has 2 fully saturated rings. The maximum atomic E-state index is 12.2. The van der Waals surface area contributed by atoms with E-state index in [1.807, 2.05) is 0 Å². The number of carbonyl (C=O) groups is 3. The number of benzene rings is 2. The number of amides is 1. The highest BCUT2D eigenvalue weighted by molar-refractivity contribution is 5.89. The van der Waals surface area contributed by atoms with Crippen molar-refractivity contribution in [3.05, 3.63) is 71.0 Å². The number of Topliss-reactive ketones (excluding diaryl/α,β-unsaturated/α-hetero) is 2. The van der Waals surface area contributed by atoms with Crippen LogP contribution in [0, 0.1) is 11.8 Å². The fraction of sp³-hybridized carbons (Fsp3) is 0.558. The van der Waals surface area contributed by atoms with Crippen LogP contribution >= 0.6 is 0 Å². The molecule has 0 saturated carbocycles. The van der Waals surface area contributed by atoms with Crippen LogP contribution in [-0.2, 0) is 27.2 Å². The number of H-pyrrole nitrogens is 2. The summed E-state index contributed by atoms with van der Waals surface area (Å²) in [5.74, 6) is 2.28. The molecule has 4 heterocycles. The number of rotatable bonds is 11. The summed E-state index contributed by atoms with van der Waals surface area (Å²) in [5.41, 5.74) is 8.34. The van der Waals surface area contributed by atoms with Gasteiger partial charge in [0, 0.05) is 96.5 Å². The van der Waals surface area contributed by atoms with Gasteiger partial charge in [-0.15, -0.1) is 0 Å². The Labute approximate surface area is 303 Å². The Hall–Kier alpha value is -3.75. The number of nitrogens with zero attached hydrogens (tertiary/aromatic N) is 2. The lowest BCUT2D eigenvalue weighted by atomic mass is 9.71. The molecule has 2 aromatic heterocycles. The molecule has 8 nitrogen and oxygen atoms in total. The maximum Gasteiger partial charge on any atom is 0.220 e. The average Bonchev–Trinajstić information content (AvgIpc) is 3.74. The normalized spacial score (nSPS) is 25.5. The highest BCUT2D eigenvalue weighted by Gasteiger charge is 2.42. The topological polar surface area (TPSA) is 101 Å². The van der Waals surface area contributed by atoms with Crippen LogP contribution in [0.4, 0.5) is 0 Å². The van der Waals surface area contributed by atoms with E-state index in [9.17, 15) is 14.4 Å². The number of likely N-dealkylation sites (tertiary alicyclic amines) is 2. The van der Waals surface area contributed by atoms with Gasteiger partial charge in [0.05, 0.1) is 0 Å². The second kappa shape index (κ2) is 15.5. The van der Waals surface area contributed by atoms with Gasteiger partial charge in [0.25, 0.3) is 0 Å². The summed E-state index contributed by atoms with van der Waals surface area (Å²) in [4.78, 5) is 47.4. The Morgan fingerprint density at radius 1 is 0.765 bits per heavy atom. The highest BCUT2D eigenvalue weighted by atomic mass is 16.1. The Balaban J connectivity index is 0.000000165. The van der Waals surface area contributed by atoms with Gasteiger partial charge in [-0.25, -0.2) is 0 Å². The monoisotopic (exact) mass is 691 g/mol. The standard InChI is InChI=1S/C24H33N3O2.C19H24N2O/c1-3-10-27-15-17(13-26-23(29)9-4-6-16(2)28)11-20-19-7-5-8-21-24(19)18(14-25-21)12-22(20)27;1-3-7-21-11-14(12(2)22)8-16-15-5-4-6-17-19(15)13(10-20-17)9-18(16)21/h5,7-8,14,17,20,22,25H,3-4,6,9-13,15H2,1-2H3,(H,26,29);4-6,10,14,16,18,20H,3,7-9,11H2,1-2H3/t17-,20+,22+;14-,16-,18-/m01/s1. The molecule has 2 aliphatic heterocycles. The van der Waals surface area contributed by atoms with Crippen LogP contribution in [0.25, 0.3) is 21.8 Å². The fourth-order valence-corrected chi connectivity index (χ4v) is 10.1. The fourth-order valence-electron chi connectivity index (χ4n) is 10.1. The van der Waals surface area contributed by atoms with E-state index in [1.54, 1.807) is 13.8 Å². The molecule has 6 atom stereocenters. The van der Waals surface area contributed by atoms with Crippen molar-refractivity contribution in [2.24, 2.45) is 11.8 Å². The number of aromatic amines is 2. The predicted octanol–water partition coefficient (Wildman–Crippen LogP) is 7.28. The third-order valence-corrected chi connectivity index (χ3v) is 12.4. The van der Waals surface area contributed by atoms with Gasteiger partial charge in [0.2, 0.25) is 5.91 Å². The van der Waals surface area contributed by atoms with Crippen molar-refractivity contribution in [1.29, 1.82) is 0 Å². The van der Waals surface area contributed by atoms with Crippen LogP contribution in [0.5, 0.6) is 0 Å². The molecular weight excluding hydrogens is 635 g/mol. The molecule has 0 bridgehead atoms.